The summed E-state index contributed by atoms with van der Waals surface area (Å²) in [6.07, 6.45) is 2.50. The van der Waals surface area contributed by atoms with Crippen molar-refractivity contribution in [3.63, 3.8) is 0 Å². The van der Waals surface area contributed by atoms with Crippen LogP contribution in [0, 0.1) is 5.82 Å². The van der Waals surface area contributed by atoms with Gasteiger partial charge in [0.2, 0.25) is 0 Å². The molecule has 3 heteroatoms. The Morgan fingerprint density at radius 1 is 1.44 bits per heavy atom. The Morgan fingerprint density at radius 2 is 2.19 bits per heavy atom. The largest absolute Gasteiger partial charge is 0.381 e. The summed E-state index contributed by atoms with van der Waals surface area (Å²) in [6.45, 7) is 2.06. The van der Waals surface area contributed by atoms with Crippen molar-refractivity contribution in [1.29, 1.82) is 0 Å². The first-order chi connectivity index (χ1) is 7.69. The van der Waals surface area contributed by atoms with Crippen molar-refractivity contribution in [1.82, 2.24) is 5.32 Å². The first-order valence-corrected chi connectivity index (χ1v) is 5.73. The van der Waals surface area contributed by atoms with E-state index >= 15 is 0 Å². The summed E-state index contributed by atoms with van der Waals surface area (Å²) < 4.78 is 18.3. The second-order valence-corrected chi connectivity index (χ2v) is 4.47. The van der Waals surface area contributed by atoms with Gasteiger partial charge < -0.3 is 10.1 Å². The highest BCUT2D eigenvalue weighted by molar-refractivity contribution is 5.19. The van der Waals surface area contributed by atoms with Gasteiger partial charge in [0, 0.05) is 19.2 Å². The molecule has 0 spiro atoms. The molecule has 2 nitrogen and oxygen atoms in total. The summed E-state index contributed by atoms with van der Waals surface area (Å²) in [5.74, 6) is -0.172. The molecular formula is C13H18FNO. The van der Waals surface area contributed by atoms with Gasteiger partial charge in [-0.05, 0) is 37.5 Å². The fourth-order valence-corrected chi connectivity index (χ4v) is 2.12. The van der Waals surface area contributed by atoms with Gasteiger partial charge in [0.05, 0.1) is 6.10 Å². The van der Waals surface area contributed by atoms with Gasteiger partial charge in [-0.25, -0.2) is 4.39 Å². The van der Waals surface area contributed by atoms with Gasteiger partial charge in [-0.15, -0.1) is 0 Å². The van der Waals surface area contributed by atoms with Crippen molar-refractivity contribution < 1.29 is 9.13 Å². The Kier molecular flexibility index (Phi) is 3.56. The molecule has 16 heavy (non-hydrogen) atoms. The van der Waals surface area contributed by atoms with Gasteiger partial charge in [-0.2, -0.15) is 0 Å². The molecule has 0 radical (unpaired) electrons. The number of ether oxygens (including phenoxy) is 1. The Bertz CT molecular complexity index is 350. The number of methoxy groups -OCH3 is 1. The number of hydrogen-bond donors (Lipinski definition) is 1. The van der Waals surface area contributed by atoms with Gasteiger partial charge >= 0.3 is 0 Å². The van der Waals surface area contributed by atoms with Crippen LogP contribution in [0.15, 0.2) is 24.3 Å². The maximum Gasteiger partial charge on any atom is 0.123 e. The molecule has 0 heterocycles. The van der Waals surface area contributed by atoms with Crippen molar-refractivity contribution in [3.8, 4) is 0 Å². The lowest BCUT2D eigenvalue weighted by molar-refractivity contribution is 0.0147. The Labute approximate surface area is 95.8 Å². The van der Waals surface area contributed by atoms with Gasteiger partial charge in [0.15, 0.2) is 0 Å². The van der Waals surface area contributed by atoms with Crippen LogP contribution in [-0.4, -0.2) is 19.3 Å². The maximum absolute atomic E-state index is 13.0. The monoisotopic (exact) mass is 223 g/mol. The predicted octanol–water partition coefficient (Wildman–Crippen LogP) is 2.65. The summed E-state index contributed by atoms with van der Waals surface area (Å²) in [5, 5.41) is 3.48. The molecule has 1 N–H and O–H groups in total. The molecule has 1 aromatic rings. The van der Waals surface area contributed by atoms with Crippen LogP contribution in [0.4, 0.5) is 4.39 Å². The molecule has 1 atom stereocenters. The first-order valence-electron chi connectivity index (χ1n) is 5.73. The minimum Gasteiger partial charge on any atom is -0.381 e. The fraction of sp³-hybridized carbons (Fsp3) is 0.538. The summed E-state index contributed by atoms with van der Waals surface area (Å²) in [6, 6.07) is 7.46. The van der Waals surface area contributed by atoms with Crippen molar-refractivity contribution in [2.45, 2.75) is 38.0 Å². The van der Waals surface area contributed by atoms with E-state index in [2.05, 4.69) is 12.2 Å². The quantitative estimate of drug-likeness (QED) is 0.847. The van der Waals surface area contributed by atoms with Crippen LogP contribution in [0.3, 0.4) is 0 Å². The number of nitrogens with one attached hydrogen (secondary N) is 1. The van der Waals surface area contributed by atoms with Gasteiger partial charge in [0.1, 0.15) is 5.82 Å². The smallest absolute Gasteiger partial charge is 0.123 e. The normalized spacial score (nSPS) is 26.2. The van der Waals surface area contributed by atoms with Crippen LogP contribution < -0.4 is 5.32 Å². The van der Waals surface area contributed by atoms with E-state index in [-0.39, 0.29) is 11.9 Å². The summed E-state index contributed by atoms with van der Waals surface area (Å²) in [4.78, 5) is 0. The Morgan fingerprint density at radius 3 is 2.81 bits per heavy atom. The topological polar surface area (TPSA) is 21.3 Å². The average Bonchev–Trinajstić information content (AvgIpc) is 2.22. The van der Waals surface area contributed by atoms with Crippen LogP contribution in [0.1, 0.15) is 31.4 Å². The highest BCUT2D eigenvalue weighted by Gasteiger charge is 2.29. The Hall–Kier alpha value is -0.930. The van der Waals surface area contributed by atoms with E-state index in [4.69, 9.17) is 4.74 Å². The van der Waals surface area contributed by atoms with Crippen LogP contribution >= 0.6 is 0 Å². The van der Waals surface area contributed by atoms with Crippen LogP contribution in [0.2, 0.25) is 0 Å². The third-order valence-electron chi connectivity index (χ3n) is 3.26. The van der Waals surface area contributed by atoms with Crippen molar-refractivity contribution in [2.75, 3.05) is 7.11 Å². The SMILES string of the molecule is COC1CC(NC(C)c2cccc(F)c2)C1. The molecule has 0 bridgehead atoms. The first kappa shape index (κ1) is 11.6. The maximum atomic E-state index is 13.0. The molecule has 0 saturated heterocycles. The van der Waals surface area contributed by atoms with E-state index in [0.29, 0.717) is 12.1 Å². The van der Waals surface area contributed by atoms with Crippen LogP contribution in [0.25, 0.3) is 0 Å². The fourth-order valence-electron chi connectivity index (χ4n) is 2.12. The number of benzene rings is 1. The molecule has 1 saturated carbocycles. The zero-order valence-electron chi connectivity index (χ0n) is 9.74. The molecule has 0 amide bonds. The molecule has 2 rings (SSSR count). The average molecular weight is 223 g/mol. The number of halogens is 1. The molecular weight excluding hydrogens is 205 g/mol. The lowest BCUT2D eigenvalue weighted by Gasteiger charge is -2.36. The van der Waals surface area contributed by atoms with E-state index in [9.17, 15) is 4.39 Å². The summed E-state index contributed by atoms with van der Waals surface area (Å²) in [7, 11) is 1.75. The lowest BCUT2D eigenvalue weighted by Crippen LogP contribution is -2.45. The standard InChI is InChI=1S/C13H18FNO/c1-9(10-4-3-5-11(14)6-10)15-12-7-13(8-12)16-2/h3-6,9,12-13,15H,7-8H2,1-2H3. The molecule has 1 aromatic carbocycles. The third kappa shape index (κ3) is 2.60. The molecule has 1 fully saturated rings. The van der Waals surface area contributed by atoms with E-state index in [0.717, 1.165) is 18.4 Å². The zero-order chi connectivity index (χ0) is 11.5. The molecule has 1 aliphatic carbocycles. The number of hydrogen-bond acceptors (Lipinski definition) is 2. The second kappa shape index (κ2) is 4.93. The lowest BCUT2D eigenvalue weighted by atomic mass is 9.88. The molecule has 1 unspecified atom stereocenters. The van der Waals surface area contributed by atoms with Crippen molar-refractivity contribution in [3.05, 3.63) is 35.6 Å². The van der Waals surface area contributed by atoms with Crippen LogP contribution in [-0.2, 0) is 4.74 Å². The highest BCUT2D eigenvalue weighted by atomic mass is 19.1. The predicted molar refractivity (Wildman–Crippen MR) is 61.8 cm³/mol. The van der Waals surface area contributed by atoms with E-state index in [1.807, 2.05) is 6.07 Å². The van der Waals surface area contributed by atoms with E-state index in [1.54, 1.807) is 19.2 Å². The number of rotatable bonds is 4. The molecule has 1 aliphatic rings. The summed E-state index contributed by atoms with van der Waals surface area (Å²) >= 11 is 0. The minimum absolute atomic E-state index is 0.172. The second-order valence-electron chi connectivity index (χ2n) is 4.47. The third-order valence-corrected chi connectivity index (χ3v) is 3.26. The van der Waals surface area contributed by atoms with Crippen molar-refractivity contribution in [2.24, 2.45) is 0 Å². The minimum atomic E-state index is -0.172. The molecule has 0 aromatic heterocycles. The van der Waals surface area contributed by atoms with Gasteiger partial charge in [0.25, 0.3) is 0 Å². The Balaban J connectivity index is 1.87. The van der Waals surface area contributed by atoms with E-state index in [1.165, 1.54) is 6.07 Å². The summed E-state index contributed by atoms with van der Waals surface area (Å²) in [5.41, 5.74) is 1.00. The zero-order valence-corrected chi connectivity index (χ0v) is 9.74. The molecule has 88 valence electrons. The van der Waals surface area contributed by atoms with Crippen molar-refractivity contribution >= 4 is 0 Å². The van der Waals surface area contributed by atoms with E-state index < -0.39 is 0 Å². The molecule has 0 aliphatic heterocycles. The van der Waals surface area contributed by atoms with Gasteiger partial charge in [-0.1, -0.05) is 12.1 Å². The van der Waals surface area contributed by atoms with Crippen LogP contribution in [0.5, 0.6) is 0 Å². The highest BCUT2D eigenvalue weighted by Crippen LogP contribution is 2.25. The van der Waals surface area contributed by atoms with Gasteiger partial charge in [-0.3, -0.25) is 0 Å².